The molecule has 7 nitrogen and oxygen atoms in total. The third-order valence-electron chi connectivity index (χ3n) is 3.07. The zero-order valence-corrected chi connectivity index (χ0v) is 13.0. The Labute approximate surface area is 133 Å². The number of ether oxygens (including phenoxy) is 1. The van der Waals surface area contributed by atoms with Gasteiger partial charge in [0.25, 0.3) is 0 Å². The predicted octanol–water partition coefficient (Wildman–Crippen LogP) is 0.333. The molecule has 2 amide bonds. The number of hydrogen-bond donors (Lipinski definition) is 3. The molecule has 0 fully saturated rings. The largest absolute Gasteiger partial charge is 0.467 e. The van der Waals surface area contributed by atoms with E-state index in [0.717, 1.165) is 0 Å². The minimum absolute atomic E-state index is 0.00332. The van der Waals surface area contributed by atoms with Crippen molar-refractivity contribution in [2.24, 2.45) is 5.73 Å². The molecule has 0 saturated heterocycles. The van der Waals surface area contributed by atoms with Crippen LogP contribution < -0.4 is 16.4 Å². The van der Waals surface area contributed by atoms with Crippen LogP contribution in [0.2, 0.25) is 0 Å². The summed E-state index contributed by atoms with van der Waals surface area (Å²) in [6.07, 6.45) is 0.284. The van der Waals surface area contributed by atoms with Crippen LogP contribution in [-0.4, -0.2) is 37.5 Å². The molecule has 4 N–H and O–H groups in total. The molecule has 0 aliphatic rings. The number of nitrogens with one attached hydrogen (secondary N) is 2. The van der Waals surface area contributed by atoms with Gasteiger partial charge in [0.05, 0.1) is 19.3 Å². The van der Waals surface area contributed by atoms with Gasteiger partial charge in [-0.2, -0.15) is 0 Å². The number of benzene rings is 1. The Morgan fingerprint density at radius 3 is 2.52 bits per heavy atom. The van der Waals surface area contributed by atoms with Gasteiger partial charge < -0.3 is 21.1 Å². The van der Waals surface area contributed by atoms with Crippen LogP contribution in [0.15, 0.2) is 18.2 Å². The van der Waals surface area contributed by atoms with E-state index in [-0.39, 0.29) is 31.0 Å². The van der Waals surface area contributed by atoms with Gasteiger partial charge in [0.1, 0.15) is 11.9 Å². The van der Waals surface area contributed by atoms with Crippen LogP contribution >= 0.6 is 0 Å². The fraction of sp³-hybridized carbons (Fsp3) is 0.400. The van der Waals surface area contributed by atoms with Crippen LogP contribution in [0.5, 0.6) is 0 Å². The zero-order chi connectivity index (χ0) is 17.4. The maximum absolute atomic E-state index is 13.9. The lowest BCUT2D eigenvalue weighted by molar-refractivity contribution is -0.145. The molecule has 126 valence electrons. The Bertz CT molecular complexity index is 592. The molecule has 23 heavy (non-hydrogen) atoms. The number of carbonyl (C=O) groups excluding carboxylic acids is 3. The van der Waals surface area contributed by atoms with Gasteiger partial charge in [-0.15, -0.1) is 0 Å². The van der Waals surface area contributed by atoms with Crippen molar-refractivity contribution in [3.05, 3.63) is 29.6 Å². The van der Waals surface area contributed by atoms with Crippen LogP contribution in [0.1, 0.15) is 18.9 Å². The Morgan fingerprint density at radius 2 is 2.00 bits per heavy atom. The summed E-state index contributed by atoms with van der Waals surface area (Å²) in [5.74, 6) is -2.10. The number of hydrogen-bond acceptors (Lipinski definition) is 5. The number of rotatable bonds is 7. The first kappa shape index (κ1) is 18.6. The third-order valence-corrected chi connectivity index (χ3v) is 3.07. The quantitative estimate of drug-likeness (QED) is 0.626. The first-order chi connectivity index (χ1) is 10.9. The lowest BCUT2D eigenvalue weighted by Crippen LogP contribution is -2.42. The van der Waals surface area contributed by atoms with Gasteiger partial charge in [-0.05, 0) is 17.7 Å². The topological polar surface area (TPSA) is 111 Å². The van der Waals surface area contributed by atoms with E-state index in [1.807, 2.05) is 0 Å². The molecule has 0 spiro atoms. The number of amides is 2. The maximum atomic E-state index is 13.9. The molecule has 1 atom stereocenters. The Hall–Kier alpha value is -2.48. The Balaban J connectivity index is 2.88. The SMILES string of the molecule is CCC(=O)NC(Cc1ccc(NC(=O)CN)c(F)c1)C(=O)OC. The second-order valence-corrected chi connectivity index (χ2v) is 4.77. The van der Waals surface area contributed by atoms with Crippen molar-refractivity contribution in [2.75, 3.05) is 19.0 Å². The van der Waals surface area contributed by atoms with E-state index in [1.165, 1.54) is 19.2 Å². The molecular weight excluding hydrogens is 305 g/mol. The van der Waals surface area contributed by atoms with E-state index in [1.54, 1.807) is 13.0 Å². The fourth-order valence-electron chi connectivity index (χ4n) is 1.86. The molecular formula is C15H20FN3O4. The van der Waals surface area contributed by atoms with E-state index < -0.39 is 23.7 Å². The lowest BCUT2D eigenvalue weighted by Gasteiger charge is -2.16. The summed E-state index contributed by atoms with van der Waals surface area (Å²) in [5.41, 5.74) is 5.62. The molecule has 1 aromatic carbocycles. The summed E-state index contributed by atoms with van der Waals surface area (Å²) < 4.78 is 18.6. The molecule has 0 bridgehead atoms. The first-order valence-electron chi connectivity index (χ1n) is 7.06. The maximum Gasteiger partial charge on any atom is 0.328 e. The average molecular weight is 325 g/mol. The van der Waals surface area contributed by atoms with Crippen molar-refractivity contribution in [1.82, 2.24) is 5.32 Å². The molecule has 1 rings (SSSR count). The van der Waals surface area contributed by atoms with E-state index >= 15 is 0 Å². The second kappa shape index (κ2) is 8.84. The van der Waals surface area contributed by atoms with E-state index in [2.05, 4.69) is 15.4 Å². The van der Waals surface area contributed by atoms with Crippen LogP contribution in [0.3, 0.4) is 0 Å². The third kappa shape index (κ3) is 5.67. The van der Waals surface area contributed by atoms with Crippen molar-refractivity contribution in [3.8, 4) is 0 Å². The monoisotopic (exact) mass is 325 g/mol. The normalized spacial score (nSPS) is 11.5. The smallest absolute Gasteiger partial charge is 0.328 e. The summed E-state index contributed by atoms with van der Waals surface area (Å²) in [4.78, 5) is 34.3. The number of anilines is 1. The Morgan fingerprint density at radius 1 is 1.30 bits per heavy atom. The Kier molecular flexibility index (Phi) is 7.14. The average Bonchev–Trinajstić information content (AvgIpc) is 2.55. The van der Waals surface area contributed by atoms with Crippen molar-refractivity contribution in [2.45, 2.75) is 25.8 Å². The van der Waals surface area contributed by atoms with Crippen molar-refractivity contribution in [1.29, 1.82) is 0 Å². The highest BCUT2D eigenvalue weighted by Crippen LogP contribution is 2.17. The number of nitrogens with two attached hydrogens (primary N) is 1. The zero-order valence-electron chi connectivity index (χ0n) is 13.0. The molecule has 0 aliphatic heterocycles. The van der Waals surface area contributed by atoms with Gasteiger partial charge in [0.2, 0.25) is 11.8 Å². The first-order valence-corrected chi connectivity index (χ1v) is 7.06. The fourth-order valence-corrected chi connectivity index (χ4v) is 1.86. The summed E-state index contributed by atoms with van der Waals surface area (Å²) >= 11 is 0. The van der Waals surface area contributed by atoms with Crippen LogP contribution in [0, 0.1) is 5.82 Å². The minimum atomic E-state index is -0.906. The van der Waals surface area contributed by atoms with Gasteiger partial charge in [-0.1, -0.05) is 13.0 Å². The van der Waals surface area contributed by atoms with E-state index in [9.17, 15) is 18.8 Å². The molecule has 0 aliphatic carbocycles. The van der Waals surface area contributed by atoms with Crippen LogP contribution in [0.25, 0.3) is 0 Å². The van der Waals surface area contributed by atoms with Crippen molar-refractivity contribution < 1.29 is 23.5 Å². The van der Waals surface area contributed by atoms with Gasteiger partial charge >= 0.3 is 5.97 Å². The molecule has 0 saturated carbocycles. The van der Waals surface area contributed by atoms with Gasteiger partial charge in [-0.3, -0.25) is 9.59 Å². The second-order valence-electron chi connectivity index (χ2n) is 4.77. The summed E-state index contributed by atoms with van der Waals surface area (Å²) in [6.45, 7) is 1.40. The highest BCUT2D eigenvalue weighted by molar-refractivity contribution is 5.92. The van der Waals surface area contributed by atoms with Crippen molar-refractivity contribution >= 4 is 23.5 Å². The molecule has 1 unspecified atom stereocenters. The molecule has 8 heteroatoms. The van der Waals surface area contributed by atoms with Gasteiger partial charge in [0, 0.05) is 12.8 Å². The summed E-state index contributed by atoms with van der Waals surface area (Å²) in [5, 5.41) is 4.83. The van der Waals surface area contributed by atoms with Gasteiger partial charge in [0.15, 0.2) is 0 Å². The summed E-state index contributed by atoms with van der Waals surface area (Å²) in [7, 11) is 1.21. The number of methoxy groups -OCH3 is 1. The van der Waals surface area contributed by atoms with Crippen LogP contribution in [0.4, 0.5) is 10.1 Å². The number of esters is 1. The molecule has 0 radical (unpaired) electrons. The standard InChI is InChI=1S/C15H20FN3O4/c1-3-13(20)19-12(15(22)23-2)7-9-4-5-11(10(16)6-9)18-14(21)8-17/h4-6,12H,3,7-8,17H2,1-2H3,(H,18,21)(H,19,20). The highest BCUT2D eigenvalue weighted by atomic mass is 19.1. The van der Waals surface area contributed by atoms with E-state index in [0.29, 0.717) is 5.56 Å². The minimum Gasteiger partial charge on any atom is -0.467 e. The molecule has 0 aromatic heterocycles. The summed E-state index contributed by atoms with van der Waals surface area (Å²) in [6, 6.07) is 3.19. The van der Waals surface area contributed by atoms with Crippen LogP contribution in [-0.2, 0) is 25.5 Å². The predicted molar refractivity (Wildman–Crippen MR) is 82.0 cm³/mol. The van der Waals surface area contributed by atoms with E-state index in [4.69, 9.17) is 5.73 Å². The molecule has 0 heterocycles. The highest BCUT2D eigenvalue weighted by Gasteiger charge is 2.22. The van der Waals surface area contributed by atoms with Gasteiger partial charge in [-0.25, -0.2) is 9.18 Å². The molecule has 1 aromatic rings. The number of halogens is 1. The van der Waals surface area contributed by atoms with Crippen molar-refractivity contribution in [3.63, 3.8) is 0 Å². The number of carbonyl (C=O) groups is 3. The lowest BCUT2D eigenvalue weighted by atomic mass is 10.0.